The fourth-order valence-corrected chi connectivity index (χ4v) is 2.80. The molecule has 5 heteroatoms. The number of carbonyl (C=O) groups is 1. The van der Waals surface area contributed by atoms with Crippen LogP contribution in [0.25, 0.3) is 0 Å². The summed E-state index contributed by atoms with van der Waals surface area (Å²) in [5.41, 5.74) is 2.56. The Labute approximate surface area is 140 Å². The van der Waals surface area contributed by atoms with Crippen LogP contribution in [0.4, 0.5) is 11.4 Å². The van der Waals surface area contributed by atoms with Crippen molar-refractivity contribution in [3.63, 3.8) is 0 Å². The van der Waals surface area contributed by atoms with Gasteiger partial charge < -0.3 is 15.5 Å². The van der Waals surface area contributed by atoms with Gasteiger partial charge in [-0.3, -0.25) is 4.79 Å². The summed E-state index contributed by atoms with van der Waals surface area (Å²) in [5, 5.41) is 23.4. The lowest BCUT2D eigenvalue weighted by Gasteiger charge is -2.18. The number of anilines is 2. The zero-order valence-corrected chi connectivity index (χ0v) is 13.8. The van der Waals surface area contributed by atoms with E-state index in [1.54, 1.807) is 12.1 Å². The highest BCUT2D eigenvalue weighted by Gasteiger charge is 2.18. The molecule has 0 spiro atoms. The van der Waals surface area contributed by atoms with E-state index in [1.807, 2.05) is 42.5 Å². The average Bonchev–Trinajstić information content (AvgIpc) is 2.55. The molecule has 2 rings (SSSR count). The van der Waals surface area contributed by atoms with Gasteiger partial charge >= 0.3 is 0 Å². The Bertz CT molecular complexity index is 616. The topological polar surface area (TPSA) is 69.6 Å². The van der Waals surface area contributed by atoms with Crippen molar-refractivity contribution in [3.8, 4) is 0 Å². The Morgan fingerprint density at radius 3 is 2.26 bits per heavy atom. The van der Waals surface area contributed by atoms with E-state index < -0.39 is 12.2 Å². The number of carbonyl (C=O) groups excluding carboxylic acids is 1. The van der Waals surface area contributed by atoms with Crippen molar-refractivity contribution >= 4 is 28.3 Å². The largest absolute Gasteiger partial charge is 0.390 e. The fraction of sp³-hybridized carbons (Fsp3) is 0.278. The summed E-state index contributed by atoms with van der Waals surface area (Å²) >= 11 is 1.16. The van der Waals surface area contributed by atoms with Crippen molar-refractivity contribution < 1.29 is 15.0 Å². The monoisotopic (exact) mass is 331 g/mol. The lowest BCUT2D eigenvalue weighted by atomic mass is 10.0. The number of thioether (sulfide) groups is 1. The third kappa shape index (κ3) is 5.71. The van der Waals surface area contributed by atoms with E-state index in [-0.39, 0.29) is 5.12 Å². The highest BCUT2D eigenvalue weighted by atomic mass is 32.2. The molecule has 0 aliphatic heterocycles. The molecule has 0 aromatic heterocycles. The fourth-order valence-electron chi connectivity index (χ4n) is 2.16. The predicted octanol–water partition coefficient (Wildman–Crippen LogP) is 3.49. The third-order valence-corrected chi connectivity index (χ3v) is 4.24. The van der Waals surface area contributed by atoms with Crippen molar-refractivity contribution in [1.29, 1.82) is 0 Å². The lowest BCUT2D eigenvalue weighted by Crippen LogP contribution is -2.19. The highest BCUT2D eigenvalue weighted by molar-refractivity contribution is 8.13. The second-order valence-electron chi connectivity index (χ2n) is 5.25. The maximum Gasteiger partial charge on any atom is 0.185 e. The Balaban J connectivity index is 1.91. The van der Waals surface area contributed by atoms with E-state index in [2.05, 4.69) is 5.32 Å². The number of rotatable bonds is 7. The van der Waals surface area contributed by atoms with E-state index in [0.717, 1.165) is 23.1 Å². The Morgan fingerprint density at radius 2 is 1.65 bits per heavy atom. The summed E-state index contributed by atoms with van der Waals surface area (Å²) < 4.78 is 0. The molecule has 0 saturated carbocycles. The molecule has 2 unspecified atom stereocenters. The normalized spacial score (nSPS) is 13.3. The summed E-state index contributed by atoms with van der Waals surface area (Å²) in [4.78, 5) is 10.9. The first-order chi connectivity index (χ1) is 11.1. The quantitative estimate of drug-likeness (QED) is 0.724. The summed E-state index contributed by atoms with van der Waals surface area (Å²) in [6.45, 7) is 1.49. The van der Waals surface area contributed by atoms with Gasteiger partial charge in [0.25, 0.3) is 0 Å². The molecule has 2 aromatic carbocycles. The van der Waals surface area contributed by atoms with Gasteiger partial charge in [0.15, 0.2) is 5.12 Å². The predicted molar refractivity (Wildman–Crippen MR) is 94.9 cm³/mol. The lowest BCUT2D eigenvalue weighted by molar-refractivity contribution is -0.109. The first-order valence-electron chi connectivity index (χ1n) is 7.48. The smallest absolute Gasteiger partial charge is 0.185 e. The number of hydrogen-bond donors (Lipinski definition) is 3. The highest BCUT2D eigenvalue weighted by Crippen LogP contribution is 2.23. The van der Waals surface area contributed by atoms with E-state index >= 15 is 0 Å². The van der Waals surface area contributed by atoms with Gasteiger partial charge in [0, 0.05) is 24.1 Å². The molecule has 2 atom stereocenters. The molecule has 3 N–H and O–H groups in total. The summed E-state index contributed by atoms with van der Waals surface area (Å²) in [5.74, 6) is 0.501. The molecule has 122 valence electrons. The minimum Gasteiger partial charge on any atom is -0.390 e. The van der Waals surface area contributed by atoms with E-state index in [0.29, 0.717) is 17.7 Å². The van der Waals surface area contributed by atoms with Gasteiger partial charge in [-0.15, -0.1) is 0 Å². The summed E-state index contributed by atoms with van der Waals surface area (Å²) in [7, 11) is 0. The van der Waals surface area contributed by atoms with Crippen LogP contribution in [0.2, 0.25) is 0 Å². The maximum atomic E-state index is 10.9. The van der Waals surface area contributed by atoms with Crippen LogP contribution >= 0.6 is 11.8 Å². The number of aliphatic hydroxyl groups is 2. The average molecular weight is 331 g/mol. The van der Waals surface area contributed by atoms with Crippen molar-refractivity contribution in [2.75, 3.05) is 11.1 Å². The molecule has 0 aliphatic carbocycles. The van der Waals surface area contributed by atoms with Crippen LogP contribution in [0.1, 0.15) is 25.0 Å². The molecule has 0 saturated heterocycles. The van der Waals surface area contributed by atoms with Crippen LogP contribution in [0.3, 0.4) is 0 Å². The standard InChI is InChI=1S/C18H21NO3S/c1-13(20)23-12-11-17(21)18(22)14-7-9-16(10-8-14)19-15-5-3-2-4-6-15/h2-10,17-19,21-22H,11-12H2,1H3. The number of nitrogens with one attached hydrogen (secondary N) is 1. The van der Waals surface area contributed by atoms with Crippen LogP contribution in [-0.2, 0) is 4.79 Å². The van der Waals surface area contributed by atoms with Crippen molar-refractivity contribution in [1.82, 2.24) is 0 Å². The van der Waals surface area contributed by atoms with Gasteiger partial charge in [-0.25, -0.2) is 0 Å². The van der Waals surface area contributed by atoms with Gasteiger partial charge in [-0.1, -0.05) is 42.1 Å². The molecule has 0 aliphatic rings. The van der Waals surface area contributed by atoms with Gasteiger partial charge in [-0.05, 0) is 36.2 Å². The van der Waals surface area contributed by atoms with Crippen LogP contribution in [-0.4, -0.2) is 27.2 Å². The summed E-state index contributed by atoms with van der Waals surface area (Å²) in [6, 6.07) is 17.1. The van der Waals surface area contributed by atoms with E-state index in [1.165, 1.54) is 6.92 Å². The van der Waals surface area contributed by atoms with Gasteiger partial charge in [-0.2, -0.15) is 0 Å². The molecule has 0 bridgehead atoms. The van der Waals surface area contributed by atoms with E-state index in [9.17, 15) is 15.0 Å². The zero-order chi connectivity index (χ0) is 16.7. The number of aliphatic hydroxyl groups excluding tert-OH is 2. The second-order valence-corrected chi connectivity index (χ2v) is 6.53. The molecule has 0 radical (unpaired) electrons. The SMILES string of the molecule is CC(=O)SCCC(O)C(O)c1ccc(Nc2ccccc2)cc1. The summed E-state index contributed by atoms with van der Waals surface area (Å²) in [6.07, 6.45) is -1.46. The molecule has 2 aromatic rings. The van der Waals surface area contributed by atoms with Crippen molar-refractivity contribution in [2.45, 2.75) is 25.6 Å². The van der Waals surface area contributed by atoms with Crippen molar-refractivity contribution in [3.05, 3.63) is 60.2 Å². The van der Waals surface area contributed by atoms with Gasteiger partial charge in [0.1, 0.15) is 6.10 Å². The minimum atomic E-state index is -0.951. The molecular weight excluding hydrogens is 310 g/mol. The number of benzene rings is 2. The molecule has 4 nitrogen and oxygen atoms in total. The molecule has 23 heavy (non-hydrogen) atoms. The Hall–Kier alpha value is -1.82. The third-order valence-electron chi connectivity index (χ3n) is 3.40. The zero-order valence-electron chi connectivity index (χ0n) is 13.0. The van der Waals surface area contributed by atoms with Crippen LogP contribution in [0.5, 0.6) is 0 Å². The Morgan fingerprint density at radius 1 is 1.04 bits per heavy atom. The molecule has 0 heterocycles. The maximum absolute atomic E-state index is 10.9. The molecular formula is C18H21NO3S. The van der Waals surface area contributed by atoms with Gasteiger partial charge in [0.2, 0.25) is 0 Å². The Kier molecular flexibility index (Phi) is 6.65. The first kappa shape index (κ1) is 17.5. The minimum absolute atomic E-state index is 0.0167. The van der Waals surface area contributed by atoms with Crippen LogP contribution in [0, 0.1) is 0 Å². The van der Waals surface area contributed by atoms with Crippen molar-refractivity contribution in [2.24, 2.45) is 0 Å². The number of para-hydroxylation sites is 1. The second kappa shape index (κ2) is 8.72. The van der Waals surface area contributed by atoms with Crippen LogP contribution < -0.4 is 5.32 Å². The number of hydrogen-bond acceptors (Lipinski definition) is 5. The molecule has 0 amide bonds. The first-order valence-corrected chi connectivity index (χ1v) is 8.46. The molecule has 0 fully saturated rings. The van der Waals surface area contributed by atoms with E-state index in [4.69, 9.17) is 0 Å². The van der Waals surface area contributed by atoms with Crippen LogP contribution in [0.15, 0.2) is 54.6 Å². The van der Waals surface area contributed by atoms with Gasteiger partial charge in [0.05, 0.1) is 6.10 Å².